The minimum Gasteiger partial charge on any atom is -0.497 e. The molecule has 1 aliphatic rings. The van der Waals surface area contributed by atoms with Crippen LogP contribution in [0.25, 0.3) is 0 Å². The Morgan fingerprint density at radius 1 is 1.40 bits per heavy atom. The average Bonchev–Trinajstić information content (AvgIpc) is 2.27. The summed E-state index contributed by atoms with van der Waals surface area (Å²) in [6.07, 6.45) is 1.11. The monoisotopic (exact) mass is 206 g/mol. The topological polar surface area (TPSA) is 18.5 Å². The molecule has 0 aromatic heterocycles. The van der Waals surface area contributed by atoms with Gasteiger partial charge in [-0.25, -0.2) is 0 Å². The molecule has 82 valence electrons. The van der Waals surface area contributed by atoms with Gasteiger partial charge < -0.3 is 9.47 Å². The molecule has 0 radical (unpaired) electrons. The van der Waals surface area contributed by atoms with Gasteiger partial charge in [0.15, 0.2) is 0 Å². The van der Waals surface area contributed by atoms with Crippen molar-refractivity contribution in [1.29, 1.82) is 0 Å². The molecule has 0 saturated heterocycles. The number of fused-ring (bicyclic) bond motifs is 1. The standard InChI is InChI=1S/C13H18O2/c1-9(2)11-6-7-15-13-5-4-10(14-3)8-12(11)13/h4-5,8-9,11H,6-7H2,1-3H3/t11-/m1/s1. The van der Waals surface area contributed by atoms with Gasteiger partial charge in [0.25, 0.3) is 0 Å². The van der Waals surface area contributed by atoms with E-state index in [9.17, 15) is 0 Å². The van der Waals surface area contributed by atoms with E-state index >= 15 is 0 Å². The van der Waals surface area contributed by atoms with Gasteiger partial charge in [0.2, 0.25) is 0 Å². The SMILES string of the molecule is COc1ccc2c(c1)[C@@H](C(C)C)CCO2. The summed E-state index contributed by atoms with van der Waals surface area (Å²) >= 11 is 0. The van der Waals surface area contributed by atoms with Crippen molar-refractivity contribution in [2.24, 2.45) is 5.92 Å². The van der Waals surface area contributed by atoms with Crippen LogP contribution in [0.5, 0.6) is 11.5 Å². The van der Waals surface area contributed by atoms with Gasteiger partial charge in [0.05, 0.1) is 13.7 Å². The molecule has 0 amide bonds. The fourth-order valence-corrected chi connectivity index (χ4v) is 2.22. The van der Waals surface area contributed by atoms with Crippen LogP contribution in [0.4, 0.5) is 0 Å². The molecule has 1 aromatic carbocycles. The van der Waals surface area contributed by atoms with Crippen molar-refractivity contribution in [3.63, 3.8) is 0 Å². The fraction of sp³-hybridized carbons (Fsp3) is 0.538. The Hall–Kier alpha value is -1.18. The molecule has 2 rings (SSSR count). The van der Waals surface area contributed by atoms with Gasteiger partial charge in [-0.2, -0.15) is 0 Å². The highest BCUT2D eigenvalue weighted by Gasteiger charge is 2.24. The highest BCUT2D eigenvalue weighted by molar-refractivity contribution is 5.43. The van der Waals surface area contributed by atoms with Crippen molar-refractivity contribution >= 4 is 0 Å². The highest BCUT2D eigenvalue weighted by Crippen LogP contribution is 2.39. The number of benzene rings is 1. The molecule has 1 aromatic rings. The second kappa shape index (κ2) is 4.13. The third-order valence-corrected chi connectivity index (χ3v) is 3.11. The molecule has 0 fully saturated rings. The lowest BCUT2D eigenvalue weighted by Crippen LogP contribution is -2.18. The Labute approximate surface area is 91.2 Å². The Morgan fingerprint density at radius 3 is 2.87 bits per heavy atom. The molecular weight excluding hydrogens is 188 g/mol. The smallest absolute Gasteiger partial charge is 0.123 e. The van der Waals surface area contributed by atoms with Gasteiger partial charge >= 0.3 is 0 Å². The maximum absolute atomic E-state index is 5.65. The van der Waals surface area contributed by atoms with Gasteiger partial charge in [0, 0.05) is 5.56 Å². The summed E-state index contributed by atoms with van der Waals surface area (Å²) in [5.74, 6) is 3.20. The molecule has 15 heavy (non-hydrogen) atoms. The molecule has 1 atom stereocenters. The molecule has 1 aliphatic heterocycles. The van der Waals surface area contributed by atoms with E-state index in [4.69, 9.17) is 9.47 Å². The lowest BCUT2D eigenvalue weighted by atomic mass is 9.84. The van der Waals surface area contributed by atoms with Crippen LogP contribution in [0.15, 0.2) is 18.2 Å². The van der Waals surface area contributed by atoms with E-state index < -0.39 is 0 Å². The summed E-state index contributed by atoms with van der Waals surface area (Å²) in [7, 11) is 1.70. The summed E-state index contributed by atoms with van der Waals surface area (Å²) < 4.78 is 10.9. The molecule has 0 spiro atoms. The number of hydrogen-bond donors (Lipinski definition) is 0. The lowest BCUT2D eigenvalue weighted by molar-refractivity contribution is 0.246. The van der Waals surface area contributed by atoms with Gasteiger partial charge in [-0.3, -0.25) is 0 Å². The number of ether oxygens (including phenoxy) is 2. The Balaban J connectivity index is 2.39. The number of rotatable bonds is 2. The first kappa shape index (κ1) is 10.3. The minimum absolute atomic E-state index is 0.601. The molecule has 2 nitrogen and oxygen atoms in total. The zero-order chi connectivity index (χ0) is 10.8. The molecule has 2 heteroatoms. The van der Waals surface area contributed by atoms with Crippen molar-refractivity contribution in [3.8, 4) is 11.5 Å². The van der Waals surface area contributed by atoms with E-state index in [0.717, 1.165) is 24.5 Å². The fourth-order valence-electron chi connectivity index (χ4n) is 2.22. The zero-order valence-electron chi connectivity index (χ0n) is 9.62. The van der Waals surface area contributed by atoms with Gasteiger partial charge in [-0.15, -0.1) is 0 Å². The Morgan fingerprint density at radius 2 is 2.20 bits per heavy atom. The third kappa shape index (κ3) is 1.94. The van der Waals surface area contributed by atoms with Crippen molar-refractivity contribution < 1.29 is 9.47 Å². The van der Waals surface area contributed by atoms with Gasteiger partial charge in [0.1, 0.15) is 11.5 Å². The summed E-state index contributed by atoms with van der Waals surface area (Å²) in [4.78, 5) is 0. The zero-order valence-corrected chi connectivity index (χ0v) is 9.62. The summed E-state index contributed by atoms with van der Waals surface area (Å²) in [6, 6.07) is 6.09. The van der Waals surface area contributed by atoms with E-state index in [0.29, 0.717) is 11.8 Å². The largest absolute Gasteiger partial charge is 0.497 e. The van der Waals surface area contributed by atoms with Crippen molar-refractivity contribution in [1.82, 2.24) is 0 Å². The highest BCUT2D eigenvalue weighted by atomic mass is 16.5. The number of hydrogen-bond acceptors (Lipinski definition) is 2. The first-order valence-electron chi connectivity index (χ1n) is 5.53. The second-order valence-electron chi connectivity index (χ2n) is 4.39. The molecule has 0 N–H and O–H groups in total. The van der Waals surface area contributed by atoms with Crippen molar-refractivity contribution in [2.45, 2.75) is 26.2 Å². The maximum atomic E-state index is 5.65. The Bertz CT molecular complexity index is 344. The van der Waals surface area contributed by atoms with Gasteiger partial charge in [-0.05, 0) is 36.5 Å². The van der Waals surface area contributed by atoms with E-state index in [1.165, 1.54) is 5.56 Å². The van der Waals surface area contributed by atoms with E-state index in [-0.39, 0.29) is 0 Å². The predicted molar refractivity (Wildman–Crippen MR) is 60.7 cm³/mol. The molecule has 0 aliphatic carbocycles. The molecule has 1 heterocycles. The average molecular weight is 206 g/mol. The van der Waals surface area contributed by atoms with Crippen LogP contribution in [0.1, 0.15) is 31.7 Å². The predicted octanol–water partition coefficient (Wildman–Crippen LogP) is 3.22. The summed E-state index contributed by atoms with van der Waals surface area (Å²) in [5.41, 5.74) is 1.30. The molecular formula is C13H18O2. The van der Waals surface area contributed by atoms with Crippen molar-refractivity contribution in [2.75, 3.05) is 13.7 Å². The van der Waals surface area contributed by atoms with Gasteiger partial charge in [-0.1, -0.05) is 13.8 Å². The maximum Gasteiger partial charge on any atom is 0.123 e. The molecule has 0 saturated carbocycles. The van der Waals surface area contributed by atoms with Crippen molar-refractivity contribution in [3.05, 3.63) is 23.8 Å². The van der Waals surface area contributed by atoms with E-state index in [2.05, 4.69) is 19.9 Å². The minimum atomic E-state index is 0.601. The van der Waals surface area contributed by atoms with Crippen LogP contribution in [0.3, 0.4) is 0 Å². The second-order valence-corrected chi connectivity index (χ2v) is 4.39. The first-order valence-corrected chi connectivity index (χ1v) is 5.53. The molecule has 0 bridgehead atoms. The van der Waals surface area contributed by atoms with Crippen LogP contribution < -0.4 is 9.47 Å². The molecule has 0 unspecified atom stereocenters. The lowest BCUT2D eigenvalue weighted by Gasteiger charge is -2.28. The summed E-state index contributed by atoms with van der Waals surface area (Å²) in [6.45, 7) is 5.36. The van der Waals surface area contributed by atoms with E-state index in [1.807, 2.05) is 12.1 Å². The first-order chi connectivity index (χ1) is 7.22. The quantitative estimate of drug-likeness (QED) is 0.739. The van der Waals surface area contributed by atoms with Crippen LogP contribution in [0.2, 0.25) is 0 Å². The van der Waals surface area contributed by atoms with Crippen LogP contribution in [-0.4, -0.2) is 13.7 Å². The van der Waals surface area contributed by atoms with E-state index in [1.54, 1.807) is 7.11 Å². The summed E-state index contributed by atoms with van der Waals surface area (Å²) in [5, 5.41) is 0. The van der Waals surface area contributed by atoms with Crippen LogP contribution >= 0.6 is 0 Å². The van der Waals surface area contributed by atoms with Crippen LogP contribution in [-0.2, 0) is 0 Å². The third-order valence-electron chi connectivity index (χ3n) is 3.11. The normalized spacial score (nSPS) is 19.6. The number of methoxy groups -OCH3 is 1. The van der Waals surface area contributed by atoms with Crippen LogP contribution in [0, 0.1) is 5.92 Å². The Kier molecular flexibility index (Phi) is 2.85.